The van der Waals surface area contributed by atoms with Crippen LogP contribution in [0.5, 0.6) is 5.75 Å². The van der Waals surface area contributed by atoms with Gasteiger partial charge in [-0.2, -0.15) is 0 Å². The predicted octanol–water partition coefficient (Wildman–Crippen LogP) is 3.70. The molecule has 0 aliphatic heterocycles. The summed E-state index contributed by atoms with van der Waals surface area (Å²) in [6.07, 6.45) is 4.74. The molecule has 1 aliphatic carbocycles. The van der Waals surface area contributed by atoms with Crippen molar-refractivity contribution < 1.29 is 13.2 Å². The number of hydrogen-bond acceptors (Lipinski definition) is 3. The standard InChI is InChI=1S/C11H12BrClO3S/c12-10-7-9(17(13,14)15)5-6-11(10)16-8-3-1-2-4-8/h5-8H,1-4H2. The molecule has 1 saturated carbocycles. The van der Waals surface area contributed by atoms with Crippen LogP contribution in [-0.4, -0.2) is 14.5 Å². The summed E-state index contributed by atoms with van der Waals surface area (Å²) < 4.78 is 28.7. The quantitative estimate of drug-likeness (QED) is 0.789. The smallest absolute Gasteiger partial charge is 0.261 e. The van der Waals surface area contributed by atoms with E-state index in [9.17, 15) is 8.42 Å². The molecule has 6 heteroatoms. The molecular formula is C11H12BrClO3S. The molecule has 1 aromatic carbocycles. The lowest BCUT2D eigenvalue weighted by molar-refractivity contribution is 0.208. The van der Waals surface area contributed by atoms with E-state index >= 15 is 0 Å². The predicted molar refractivity (Wildman–Crippen MR) is 70.1 cm³/mol. The Bertz CT molecular complexity index is 509. The van der Waals surface area contributed by atoms with Crippen LogP contribution in [0.3, 0.4) is 0 Å². The Labute approximate surface area is 114 Å². The fraction of sp³-hybridized carbons (Fsp3) is 0.455. The second-order valence-electron chi connectivity index (χ2n) is 4.05. The van der Waals surface area contributed by atoms with Gasteiger partial charge in [0.1, 0.15) is 5.75 Å². The van der Waals surface area contributed by atoms with Crippen LogP contribution in [-0.2, 0) is 9.05 Å². The lowest BCUT2D eigenvalue weighted by atomic mass is 10.3. The third-order valence-electron chi connectivity index (χ3n) is 2.78. The van der Waals surface area contributed by atoms with E-state index in [4.69, 9.17) is 15.4 Å². The fourth-order valence-electron chi connectivity index (χ4n) is 1.91. The van der Waals surface area contributed by atoms with Crippen molar-refractivity contribution in [2.75, 3.05) is 0 Å². The second-order valence-corrected chi connectivity index (χ2v) is 7.47. The number of benzene rings is 1. The van der Waals surface area contributed by atoms with Gasteiger partial charge in [-0.25, -0.2) is 8.42 Å². The molecule has 0 unspecified atom stereocenters. The normalized spacial score (nSPS) is 17.3. The summed E-state index contributed by atoms with van der Waals surface area (Å²) in [5.74, 6) is 0.668. The first-order chi connectivity index (χ1) is 7.97. The van der Waals surface area contributed by atoms with Crippen molar-refractivity contribution in [3.05, 3.63) is 22.7 Å². The molecule has 2 rings (SSSR count). The molecule has 0 atom stereocenters. The average molecular weight is 340 g/mol. The number of hydrogen-bond donors (Lipinski definition) is 0. The van der Waals surface area contributed by atoms with Crippen LogP contribution in [0, 0.1) is 0 Å². The van der Waals surface area contributed by atoms with Crippen molar-refractivity contribution in [1.82, 2.24) is 0 Å². The Balaban J connectivity index is 2.19. The molecule has 0 aromatic heterocycles. The maximum Gasteiger partial charge on any atom is 0.261 e. The van der Waals surface area contributed by atoms with E-state index in [1.807, 2.05) is 0 Å². The third kappa shape index (κ3) is 3.36. The SMILES string of the molecule is O=S(=O)(Cl)c1ccc(OC2CCCC2)c(Br)c1. The summed E-state index contributed by atoms with van der Waals surface area (Å²) >= 11 is 3.30. The van der Waals surface area contributed by atoms with Crippen LogP contribution in [0.15, 0.2) is 27.6 Å². The highest BCUT2D eigenvalue weighted by atomic mass is 79.9. The molecule has 17 heavy (non-hydrogen) atoms. The first-order valence-electron chi connectivity index (χ1n) is 5.38. The summed E-state index contributed by atoms with van der Waals surface area (Å²) in [4.78, 5) is 0.0739. The van der Waals surface area contributed by atoms with Crippen LogP contribution >= 0.6 is 26.6 Å². The zero-order valence-electron chi connectivity index (χ0n) is 9.03. The van der Waals surface area contributed by atoms with Crippen LogP contribution in [0.4, 0.5) is 0 Å². The molecule has 0 N–H and O–H groups in total. The minimum Gasteiger partial charge on any atom is -0.489 e. The van der Waals surface area contributed by atoms with E-state index < -0.39 is 9.05 Å². The molecule has 0 spiro atoms. The molecule has 0 radical (unpaired) electrons. The van der Waals surface area contributed by atoms with Crippen molar-refractivity contribution in [2.24, 2.45) is 0 Å². The Morgan fingerprint density at radius 3 is 2.47 bits per heavy atom. The zero-order chi connectivity index (χ0) is 12.5. The summed E-state index contributed by atoms with van der Waals surface area (Å²) in [6.45, 7) is 0. The summed E-state index contributed by atoms with van der Waals surface area (Å²) in [5.41, 5.74) is 0. The van der Waals surface area contributed by atoms with Gasteiger partial charge in [-0.1, -0.05) is 0 Å². The third-order valence-corrected chi connectivity index (χ3v) is 4.75. The van der Waals surface area contributed by atoms with Crippen LogP contribution in [0.1, 0.15) is 25.7 Å². The molecule has 3 nitrogen and oxygen atoms in total. The molecule has 0 heterocycles. The van der Waals surface area contributed by atoms with Crippen molar-refractivity contribution >= 4 is 35.7 Å². The van der Waals surface area contributed by atoms with Crippen molar-refractivity contribution in [3.8, 4) is 5.75 Å². The number of halogens is 2. The van der Waals surface area contributed by atoms with Crippen LogP contribution in [0.2, 0.25) is 0 Å². The largest absolute Gasteiger partial charge is 0.489 e. The van der Waals surface area contributed by atoms with Gasteiger partial charge >= 0.3 is 0 Å². The van der Waals surface area contributed by atoms with Gasteiger partial charge in [0.2, 0.25) is 0 Å². The summed E-state index contributed by atoms with van der Waals surface area (Å²) in [7, 11) is 1.58. The fourth-order valence-corrected chi connectivity index (χ4v) is 3.32. The second kappa shape index (κ2) is 5.16. The van der Waals surface area contributed by atoms with Gasteiger partial charge in [0.05, 0.1) is 15.5 Å². The molecule has 0 saturated heterocycles. The Hall–Kier alpha value is -0.260. The molecule has 0 bridgehead atoms. The molecule has 94 valence electrons. The highest BCUT2D eigenvalue weighted by Crippen LogP contribution is 2.32. The zero-order valence-corrected chi connectivity index (χ0v) is 12.2. The van der Waals surface area contributed by atoms with Crippen LogP contribution in [0.25, 0.3) is 0 Å². The molecule has 1 fully saturated rings. The van der Waals surface area contributed by atoms with E-state index in [0.717, 1.165) is 12.8 Å². The van der Waals surface area contributed by atoms with E-state index in [2.05, 4.69) is 15.9 Å². The highest BCUT2D eigenvalue weighted by Gasteiger charge is 2.19. The van der Waals surface area contributed by atoms with Gasteiger partial charge in [-0.3, -0.25) is 0 Å². The van der Waals surface area contributed by atoms with Crippen LogP contribution < -0.4 is 4.74 Å². The first kappa shape index (κ1) is 13.2. The lowest BCUT2D eigenvalue weighted by Crippen LogP contribution is -2.11. The summed E-state index contributed by atoms with van der Waals surface area (Å²) in [6, 6.07) is 4.56. The van der Waals surface area contributed by atoms with Gasteiger partial charge in [-0.05, 0) is 59.8 Å². The Morgan fingerprint density at radius 2 is 1.94 bits per heavy atom. The van der Waals surface area contributed by atoms with Gasteiger partial charge in [0.15, 0.2) is 0 Å². The minimum atomic E-state index is -3.68. The van der Waals surface area contributed by atoms with Gasteiger partial charge in [0.25, 0.3) is 9.05 Å². The van der Waals surface area contributed by atoms with Gasteiger partial charge in [0, 0.05) is 10.7 Å². The van der Waals surface area contributed by atoms with Gasteiger partial charge < -0.3 is 4.74 Å². The average Bonchev–Trinajstić information content (AvgIpc) is 2.72. The molecule has 1 aromatic rings. The van der Waals surface area contributed by atoms with Crippen molar-refractivity contribution in [2.45, 2.75) is 36.7 Å². The Morgan fingerprint density at radius 1 is 1.29 bits per heavy atom. The topological polar surface area (TPSA) is 43.4 Å². The van der Waals surface area contributed by atoms with E-state index in [1.54, 1.807) is 6.07 Å². The van der Waals surface area contributed by atoms with E-state index in [-0.39, 0.29) is 11.0 Å². The summed E-state index contributed by atoms with van der Waals surface area (Å²) in [5, 5.41) is 0. The Kier molecular flexibility index (Phi) is 4.00. The number of ether oxygens (including phenoxy) is 1. The maximum absolute atomic E-state index is 11.1. The van der Waals surface area contributed by atoms with E-state index in [0.29, 0.717) is 10.2 Å². The molecular weight excluding hydrogens is 328 g/mol. The lowest BCUT2D eigenvalue weighted by Gasteiger charge is -2.14. The highest BCUT2D eigenvalue weighted by molar-refractivity contribution is 9.10. The molecule has 1 aliphatic rings. The first-order valence-corrected chi connectivity index (χ1v) is 8.48. The van der Waals surface area contributed by atoms with Crippen molar-refractivity contribution in [1.29, 1.82) is 0 Å². The van der Waals surface area contributed by atoms with Gasteiger partial charge in [-0.15, -0.1) is 0 Å². The number of rotatable bonds is 3. The monoisotopic (exact) mass is 338 g/mol. The van der Waals surface area contributed by atoms with Crippen molar-refractivity contribution in [3.63, 3.8) is 0 Å². The molecule has 0 amide bonds. The van der Waals surface area contributed by atoms with E-state index in [1.165, 1.54) is 25.0 Å². The maximum atomic E-state index is 11.1. The minimum absolute atomic E-state index is 0.0739.